The van der Waals surface area contributed by atoms with Crippen molar-refractivity contribution < 1.29 is 9.59 Å². The molecule has 0 aliphatic carbocycles. The molecule has 1 aliphatic heterocycles. The molecule has 0 saturated carbocycles. The molecule has 5 rings (SSSR count). The van der Waals surface area contributed by atoms with E-state index in [1.165, 1.54) is 0 Å². The van der Waals surface area contributed by atoms with E-state index in [1.807, 2.05) is 73.8 Å². The molecule has 0 bridgehead atoms. The molecule has 2 aromatic carbocycles. The molecule has 1 N–H and O–H groups in total. The van der Waals surface area contributed by atoms with Gasteiger partial charge in [0.15, 0.2) is 0 Å². The van der Waals surface area contributed by atoms with E-state index < -0.39 is 5.54 Å². The summed E-state index contributed by atoms with van der Waals surface area (Å²) in [5.74, 6) is -0.440. The molecule has 1 aliphatic rings. The number of carbonyl (C=O) groups is 2. The highest BCUT2D eigenvalue weighted by atomic mass is 35.5. The quantitative estimate of drug-likeness (QED) is 0.387. The molecule has 2 amide bonds. The standard InChI is InChI=1S/C27H25ClN4O2S/c1-18-5-3-6-20(13-18)16-31-25(33)23-14-22(24-7-4-12-35-24)30-32(23)17-27(31,2)26(34)29-15-19-8-10-21(28)11-9-19/h3-14H,15-17H2,1-2H3,(H,29,34)/t27-/m0/s1. The smallest absolute Gasteiger partial charge is 0.273 e. The van der Waals surface area contributed by atoms with Gasteiger partial charge >= 0.3 is 0 Å². The van der Waals surface area contributed by atoms with Gasteiger partial charge in [0.05, 0.1) is 11.4 Å². The van der Waals surface area contributed by atoms with Gasteiger partial charge in [0.25, 0.3) is 5.91 Å². The lowest BCUT2D eigenvalue weighted by Gasteiger charge is -2.43. The third kappa shape index (κ3) is 4.61. The lowest BCUT2D eigenvalue weighted by Crippen LogP contribution is -2.63. The van der Waals surface area contributed by atoms with Crippen LogP contribution in [-0.2, 0) is 24.4 Å². The Kier molecular flexibility index (Phi) is 6.21. The fourth-order valence-corrected chi connectivity index (χ4v) is 5.21. The Balaban J connectivity index is 1.48. The first-order valence-corrected chi connectivity index (χ1v) is 12.6. The van der Waals surface area contributed by atoms with Gasteiger partial charge in [-0.1, -0.05) is 59.6 Å². The maximum Gasteiger partial charge on any atom is 0.273 e. The number of hydrogen-bond donors (Lipinski definition) is 1. The zero-order chi connectivity index (χ0) is 24.6. The highest BCUT2D eigenvalue weighted by Gasteiger charge is 2.48. The molecule has 0 saturated heterocycles. The third-order valence-corrected chi connectivity index (χ3v) is 7.49. The van der Waals surface area contributed by atoms with Crippen LogP contribution in [0.2, 0.25) is 5.02 Å². The highest BCUT2D eigenvalue weighted by Crippen LogP contribution is 2.32. The summed E-state index contributed by atoms with van der Waals surface area (Å²) < 4.78 is 1.67. The topological polar surface area (TPSA) is 67.2 Å². The summed E-state index contributed by atoms with van der Waals surface area (Å²) in [4.78, 5) is 30.1. The van der Waals surface area contributed by atoms with E-state index in [9.17, 15) is 9.59 Å². The number of benzene rings is 2. The minimum atomic E-state index is -1.13. The van der Waals surface area contributed by atoms with E-state index in [1.54, 1.807) is 33.1 Å². The molecule has 6 nitrogen and oxygen atoms in total. The van der Waals surface area contributed by atoms with Gasteiger partial charge < -0.3 is 10.2 Å². The van der Waals surface area contributed by atoms with Gasteiger partial charge in [0, 0.05) is 18.1 Å². The summed E-state index contributed by atoms with van der Waals surface area (Å²) in [5.41, 5.74) is 3.11. The lowest BCUT2D eigenvalue weighted by atomic mass is 9.93. The fraction of sp³-hybridized carbons (Fsp3) is 0.222. The van der Waals surface area contributed by atoms with Crippen LogP contribution in [0, 0.1) is 6.92 Å². The minimum Gasteiger partial charge on any atom is -0.350 e. The van der Waals surface area contributed by atoms with Crippen molar-refractivity contribution in [2.45, 2.75) is 39.0 Å². The van der Waals surface area contributed by atoms with Crippen LogP contribution in [0.1, 0.15) is 34.1 Å². The molecule has 0 fully saturated rings. The largest absolute Gasteiger partial charge is 0.350 e. The molecule has 0 radical (unpaired) electrons. The maximum atomic E-state index is 13.8. The van der Waals surface area contributed by atoms with E-state index in [-0.39, 0.29) is 18.4 Å². The average Bonchev–Trinajstić information content (AvgIpc) is 3.51. The Hall–Kier alpha value is -3.42. The van der Waals surface area contributed by atoms with E-state index in [4.69, 9.17) is 16.7 Å². The summed E-state index contributed by atoms with van der Waals surface area (Å²) >= 11 is 7.56. The number of amides is 2. The van der Waals surface area contributed by atoms with Crippen molar-refractivity contribution in [2.75, 3.05) is 0 Å². The summed E-state index contributed by atoms with van der Waals surface area (Å²) in [6.07, 6.45) is 0. The van der Waals surface area contributed by atoms with Crippen LogP contribution in [0.25, 0.3) is 10.6 Å². The maximum absolute atomic E-state index is 13.8. The molecule has 1 atom stereocenters. The fourth-order valence-electron chi connectivity index (χ4n) is 4.40. The molecule has 8 heteroatoms. The number of halogens is 1. The second-order valence-corrected chi connectivity index (χ2v) is 10.4. The molecule has 35 heavy (non-hydrogen) atoms. The Bertz CT molecular complexity index is 1380. The summed E-state index contributed by atoms with van der Waals surface area (Å²) in [7, 11) is 0. The number of hydrogen-bond acceptors (Lipinski definition) is 4. The van der Waals surface area contributed by atoms with Crippen LogP contribution in [0.5, 0.6) is 0 Å². The normalized spacial score (nSPS) is 17.3. The second kappa shape index (κ2) is 9.32. The number of nitrogens with one attached hydrogen (secondary N) is 1. The molecule has 0 spiro atoms. The van der Waals surface area contributed by atoms with Crippen LogP contribution >= 0.6 is 22.9 Å². The molecular weight excluding hydrogens is 480 g/mol. The van der Waals surface area contributed by atoms with Crippen LogP contribution in [0.4, 0.5) is 0 Å². The van der Waals surface area contributed by atoms with Gasteiger partial charge in [0.1, 0.15) is 16.9 Å². The summed E-state index contributed by atoms with van der Waals surface area (Å²) in [6.45, 7) is 4.75. The number of carbonyl (C=O) groups excluding carboxylic acids is 2. The highest BCUT2D eigenvalue weighted by molar-refractivity contribution is 7.13. The van der Waals surface area contributed by atoms with Crippen molar-refractivity contribution in [3.05, 3.63) is 99.5 Å². The Morgan fingerprint density at radius 1 is 1.11 bits per heavy atom. The molecular formula is C27H25ClN4O2S. The van der Waals surface area contributed by atoms with Crippen molar-refractivity contribution in [1.82, 2.24) is 20.0 Å². The zero-order valence-corrected chi connectivity index (χ0v) is 21.1. The number of aromatic nitrogens is 2. The summed E-state index contributed by atoms with van der Waals surface area (Å²) in [5, 5.41) is 10.3. The number of aryl methyl sites for hydroxylation is 1. The van der Waals surface area contributed by atoms with Crippen LogP contribution < -0.4 is 5.32 Å². The van der Waals surface area contributed by atoms with E-state index in [0.717, 1.165) is 27.3 Å². The Morgan fingerprint density at radius 3 is 2.63 bits per heavy atom. The predicted octanol–water partition coefficient (Wildman–Crippen LogP) is 5.30. The van der Waals surface area contributed by atoms with Crippen LogP contribution in [0.15, 0.2) is 72.1 Å². The van der Waals surface area contributed by atoms with Gasteiger partial charge in [0.2, 0.25) is 5.91 Å². The summed E-state index contributed by atoms with van der Waals surface area (Å²) in [6, 6.07) is 21.1. The molecule has 2 aromatic heterocycles. The van der Waals surface area contributed by atoms with Crippen molar-refractivity contribution in [3.63, 3.8) is 0 Å². The Labute approximate surface area is 213 Å². The van der Waals surface area contributed by atoms with Crippen LogP contribution in [0.3, 0.4) is 0 Å². The second-order valence-electron chi connectivity index (χ2n) is 9.01. The number of thiophene rings is 1. The van der Waals surface area contributed by atoms with Gasteiger partial charge in [-0.05, 0) is 54.6 Å². The first-order chi connectivity index (χ1) is 16.8. The van der Waals surface area contributed by atoms with Gasteiger partial charge in [-0.15, -0.1) is 11.3 Å². The van der Waals surface area contributed by atoms with Gasteiger partial charge in [-0.3, -0.25) is 14.3 Å². The SMILES string of the molecule is Cc1cccc(CN2C(=O)c3cc(-c4cccs4)nn3C[C@@]2(C)C(=O)NCc2ccc(Cl)cc2)c1. The zero-order valence-electron chi connectivity index (χ0n) is 19.5. The monoisotopic (exact) mass is 504 g/mol. The predicted molar refractivity (Wildman–Crippen MR) is 138 cm³/mol. The van der Waals surface area contributed by atoms with Crippen molar-refractivity contribution in [3.8, 4) is 10.6 Å². The number of rotatable bonds is 6. The third-order valence-electron chi connectivity index (χ3n) is 6.35. The van der Waals surface area contributed by atoms with E-state index >= 15 is 0 Å². The average molecular weight is 505 g/mol. The lowest BCUT2D eigenvalue weighted by molar-refractivity contribution is -0.133. The number of nitrogens with zero attached hydrogens (tertiary/aromatic N) is 3. The number of fused-ring (bicyclic) bond motifs is 1. The van der Waals surface area contributed by atoms with Gasteiger partial charge in [-0.2, -0.15) is 5.10 Å². The van der Waals surface area contributed by atoms with Crippen molar-refractivity contribution in [1.29, 1.82) is 0 Å². The molecule has 3 heterocycles. The van der Waals surface area contributed by atoms with Crippen molar-refractivity contribution >= 4 is 34.8 Å². The van der Waals surface area contributed by atoms with Crippen LogP contribution in [-0.4, -0.2) is 32.0 Å². The Morgan fingerprint density at radius 2 is 1.91 bits per heavy atom. The minimum absolute atomic E-state index is 0.211. The molecule has 4 aromatic rings. The molecule has 178 valence electrons. The van der Waals surface area contributed by atoms with Crippen molar-refractivity contribution in [2.24, 2.45) is 0 Å². The van der Waals surface area contributed by atoms with Gasteiger partial charge in [-0.25, -0.2) is 0 Å². The first-order valence-electron chi connectivity index (χ1n) is 11.4. The van der Waals surface area contributed by atoms with E-state index in [0.29, 0.717) is 23.8 Å². The first kappa shape index (κ1) is 23.3. The molecule has 0 unspecified atom stereocenters. The van der Waals surface area contributed by atoms with E-state index in [2.05, 4.69) is 5.32 Å².